The molecule has 1 aliphatic heterocycles. The van der Waals surface area contributed by atoms with E-state index in [1.807, 2.05) is 24.3 Å². The molecule has 1 fully saturated rings. The summed E-state index contributed by atoms with van der Waals surface area (Å²) in [6, 6.07) is 7.51. The predicted molar refractivity (Wildman–Crippen MR) is 68.2 cm³/mol. The number of aliphatic carboxylic acids is 1. The van der Waals surface area contributed by atoms with E-state index in [0.717, 1.165) is 30.5 Å². The molecule has 1 aliphatic rings. The third-order valence-corrected chi connectivity index (χ3v) is 3.67. The number of carbonyl (C=O) groups is 1. The molecule has 0 saturated carbocycles. The van der Waals surface area contributed by atoms with Crippen molar-refractivity contribution in [2.45, 2.75) is 25.9 Å². The number of hydrogen-bond acceptors (Lipinski definition) is 3. The molecule has 1 aromatic rings. The van der Waals surface area contributed by atoms with Gasteiger partial charge in [-0.3, -0.25) is 4.79 Å². The predicted octanol–water partition coefficient (Wildman–Crippen LogP) is 1.18. The zero-order valence-corrected chi connectivity index (χ0v) is 10.4. The minimum atomic E-state index is -0.721. The Bertz CT molecular complexity index is 408. The number of benzene rings is 1. The quantitative estimate of drug-likeness (QED) is 0.749. The second-order valence-electron chi connectivity index (χ2n) is 5.02. The van der Waals surface area contributed by atoms with Crippen LogP contribution in [0.2, 0.25) is 0 Å². The molecule has 0 bridgehead atoms. The molecule has 2 rings (SSSR count). The van der Waals surface area contributed by atoms with Gasteiger partial charge in [0.25, 0.3) is 0 Å². The Morgan fingerprint density at radius 2 is 1.94 bits per heavy atom. The van der Waals surface area contributed by atoms with Crippen LogP contribution in [0, 0.1) is 5.41 Å². The van der Waals surface area contributed by atoms with Crippen LogP contribution in [0.3, 0.4) is 0 Å². The van der Waals surface area contributed by atoms with Crippen LogP contribution in [0.1, 0.15) is 24.0 Å². The molecule has 1 unspecified atom stereocenters. The first kappa shape index (κ1) is 13.1. The molecule has 0 aliphatic carbocycles. The third-order valence-electron chi connectivity index (χ3n) is 3.67. The molecule has 1 heterocycles. The highest BCUT2D eigenvalue weighted by molar-refractivity contribution is 5.75. The van der Waals surface area contributed by atoms with Crippen molar-refractivity contribution in [3.63, 3.8) is 0 Å². The van der Waals surface area contributed by atoms with Gasteiger partial charge in [0, 0.05) is 6.54 Å². The van der Waals surface area contributed by atoms with Crippen LogP contribution in [0.4, 0.5) is 0 Å². The Balaban J connectivity index is 2.15. The van der Waals surface area contributed by atoms with Gasteiger partial charge in [-0.2, -0.15) is 0 Å². The minimum Gasteiger partial charge on any atom is -0.481 e. The summed E-state index contributed by atoms with van der Waals surface area (Å²) in [5, 5.41) is 21.6. The lowest BCUT2D eigenvalue weighted by atomic mass is 9.76. The van der Waals surface area contributed by atoms with E-state index in [0.29, 0.717) is 13.0 Å². The van der Waals surface area contributed by atoms with E-state index in [-0.39, 0.29) is 6.61 Å². The molecule has 0 amide bonds. The summed E-state index contributed by atoms with van der Waals surface area (Å²) in [6.45, 7) is 1.45. The molecule has 1 atom stereocenters. The van der Waals surface area contributed by atoms with Crippen molar-refractivity contribution in [1.29, 1.82) is 0 Å². The Hall–Kier alpha value is -1.39. The number of nitrogens with one attached hydrogen (secondary N) is 1. The highest BCUT2D eigenvalue weighted by atomic mass is 16.4. The van der Waals surface area contributed by atoms with Crippen LogP contribution < -0.4 is 5.32 Å². The van der Waals surface area contributed by atoms with E-state index in [1.165, 1.54) is 0 Å². The van der Waals surface area contributed by atoms with Crippen molar-refractivity contribution in [2.75, 3.05) is 13.1 Å². The van der Waals surface area contributed by atoms with Crippen molar-refractivity contribution < 1.29 is 15.0 Å². The second kappa shape index (κ2) is 5.50. The minimum absolute atomic E-state index is 0.0198. The van der Waals surface area contributed by atoms with E-state index < -0.39 is 11.4 Å². The SMILES string of the molecule is O=C(O)C1(Cc2ccc(CO)cc2)CCCNC1. The van der Waals surface area contributed by atoms with Gasteiger partial charge in [0.15, 0.2) is 0 Å². The van der Waals surface area contributed by atoms with Crippen LogP contribution in [-0.4, -0.2) is 29.3 Å². The zero-order valence-electron chi connectivity index (χ0n) is 10.4. The Kier molecular flexibility index (Phi) is 3.99. The average Bonchev–Trinajstić information content (AvgIpc) is 2.40. The molecule has 0 spiro atoms. The molecule has 1 aromatic carbocycles. The number of hydrogen-bond donors (Lipinski definition) is 3. The average molecular weight is 249 g/mol. The third kappa shape index (κ3) is 2.71. The molecule has 4 nitrogen and oxygen atoms in total. The van der Waals surface area contributed by atoms with Crippen molar-refractivity contribution in [3.8, 4) is 0 Å². The summed E-state index contributed by atoms with van der Waals surface area (Å²) in [4.78, 5) is 11.5. The standard InChI is InChI=1S/C14H19NO3/c16-9-12-4-2-11(3-5-12)8-14(13(17)18)6-1-7-15-10-14/h2-5,15-16H,1,6-10H2,(H,17,18). The van der Waals surface area contributed by atoms with Crippen molar-refractivity contribution in [3.05, 3.63) is 35.4 Å². The molecule has 0 aromatic heterocycles. The van der Waals surface area contributed by atoms with E-state index in [4.69, 9.17) is 5.11 Å². The first-order valence-electron chi connectivity index (χ1n) is 6.29. The smallest absolute Gasteiger partial charge is 0.311 e. The zero-order chi connectivity index (χ0) is 13.0. The second-order valence-corrected chi connectivity index (χ2v) is 5.02. The molecule has 18 heavy (non-hydrogen) atoms. The molecular weight excluding hydrogens is 230 g/mol. The normalized spacial score (nSPS) is 23.8. The van der Waals surface area contributed by atoms with E-state index in [2.05, 4.69) is 5.32 Å². The van der Waals surface area contributed by atoms with Crippen LogP contribution in [0.15, 0.2) is 24.3 Å². The van der Waals surface area contributed by atoms with Crippen LogP contribution in [-0.2, 0) is 17.8 Å². The summed E-state index contributed by atoms with van der Waals surface area (Å²) >= 11 is 0. The van der Waals surface area contributed by atoms with E-state index in [9.17, 15) is 9.90 Å². The number of aliphatic hydroxyl groups excluding tert-OH is 1. The van der Waals surface area contributed by atoms with Gasteiger partial charge in [0.2, 0.25) is 0 Å². The van der Waals surface area contributed by atoms with Gasteiger partial charge in [-0.1, -0.05) is 24.3 Å². The van der Waals surface area contributed by atoms with Crippen molar-refractivity contribution in [2.24, 2.45) is 5.41 Å². The van der Waals surface area contributed by atoms with Crippen LogP contribution >= 0.6 is 0 Å². The molecule has 4 heteroatoms. The molecule has 3 N–H and O–H groups in total. The maximum atomic E-state index is 11.5. The number of aliphatic hydroxyl groups is 1. The largest absolute Gasteiger partial charge is 0.481 e. The number of rotatable bonds is 4. The Morgan fingerprint density at radius 3 is 2.44 bits per heavy atom. The summed E-state index contributed by atoms with van der Waals surface area (Å²) in [7, 11) is 0. The van der Waals surface area contributed by atoms with Gasteiger partial charge >= 0.3 is 5.97 Å². The van der Waals surface area contributed by atoms with Gasteiger partial charge in [-0.05, 0) is 36.9 Å². The van der Waals surface area contributed by atoms with E-state index >= 15 is 0 Å². The fourth-order valence-electron chi connectivity index (χ4n) is 2.53. The molecule has 0 radical (unpaired) electrons. The topological polar surface area (TPSA) is 69.6 Å². The van der Waals surface area contributed by atoms with Crippen molar-refractivity contribution in [1.82, 2.24) is 5.32 Å². The summed E-state index contributed by atoms with van der Waals surface area (Å²) in [5.74, 6) is -0.721. The lowest BCUT2D eigenvalue weighted by Crippen LogP contribution is -2.47. The molecule has 1 saturated heterocycles. The lowest BCUT2D eigenvalue weighted by Gasteiger charge is -2.33. The number of piperidine rings is 1. The highest BCUT2D eigenvalue weighted by Crippen LogP contribution is 2.31. The molecular formula is C14H19NO3. The van der Waals surface area contributed by atoms with Gasteiger partial charge in [-0.25, -0.2) is 0 Å². The van der Waals surface area contributed by atoms with Crippen molar-refractivity contribution >= 4 is 5.97 Å². The first-order valence-corrected chi connectivity index (χ1v) is 6.29. The Morgan fingerprint density at radius 1 is 1.28 bits per heavy atom. The highest BCUT2D eigenvalue weighted by Gasteiger charge is 2.39. The van der Waals surface area contributed by atoms with Gasteiger partial charge in [0.05, 0.1) is 12.0 Å². The van der Waals surface area contributed by atoms with Crippen LogP contribution in [0.5, 0.6) is 0 Å². The fraction of sp³-hybridized carbons (Fsp3) is 0.500. The monoisotopic (exact) mass is 249 g/mol. The Labute approximate surface area is 107 Å². The lowest BCUT2D eigenvalue weighted by molar-refractivity contribution is -0.150. The summed E-state index contributed by atoms with van der Waals surface area (Å²) in [5.41, 5.74) is 1.18. The van der Waals surface area contributed by atoms with Gasteiger partial charge < -0.3 is 15.5 Å². The first-order chi connectivity index (χ1) is 8.66. The van der Waals surface area contributed by atoms with Crippen LogP contribution in [0.25, 0.3) is 0 Å². The summed E-state index contributed by atoms with van der Waals surface area (Å²) < 4.78 is 0. The maximum Gasteiger partial charge on any atom is 0.311 e. The van der Waals surface area contributed by atoms with Gasteiger partial charge in [0.1, 0.15) is 0 Å². The molecule has 98 valence electrons. The van der Waals surface area contributed by atoms with Gasteiger partial charge in [-0.15, -0.1) is 0 Å². The summed E-state index contributed by atoms with van der Waals surface area (Å²) in [6.07, 6.45) is 2.17. The number of carboxylic acid groups (broad SMARTS) is 1. The number of carboxylic acids is 1. The maximum absolute atomic E-state index is 11.5. The fourth-order valence-corrected chi connectivity index (χ4v) is 2.53. The van der Waals surface area contributed by atoms with E-state index in [1.54, 1.807) is 0 Å².